The number of halogens is 2. The maximum absolute atomic E-state index is 13.5. The Morgan fingerprint density at radius 3 is 1.51 bits per heavy atom. The molecule has 16 heteroatoms. The molecule has 0 spiro atoms. The molecule has 6 heterocycles. The van der Waals surface area contributed by atoms with Crippen molar-refractivity contribution in [2.24, 2.45) is 5.73 Å². The number of nitrogens with zero attached hydrogens (tertiary/aromatic N) is 9. The van der Waals surface area contributed by atoms with Crippen molar-refractivity contribution in [3.8, 4) is 68.5 Å². The molecule has 1 aliphatic carbocycles. The van der Waals surface area contributed by atoms with Crippen LogP contribution in [0.2, 0.25) is 0 Å². The summed E-state index contributed by atoms with van der Waals surface area (Å²) in [5.41, 5.74) is 13.3. The molecule has 0 radical (unpaired) electrons. The molecule has 9 rings (SSSR count). The lowest BCUT2D eigenvalue weighted by Gasteiger charge is -2.31. The highest BCUT2D eigenvalue weighted by Crippen LogP contribution is 2.38. The van der Waals surface area contributed by atoms with Gasteiger partial charge in [0, 0.05) is 65.7 Å². The average molecular weight is 877 g/mol. The number of carbonyl (C=O) groups is 3. The lowest BCUT2D eigenvalue weighted by Crippen LogP contribution is -2.45. The van der Waals surface area contributed by atoms with E-state index in [0.717, 1.165) is 63.3 Å². The van der Waals surface area contributed by atoms with Crippen LogP contribution in [0.3, 0.4) is 0 Å². The van der Waals surface area contributed by atoms with Gasteiger partial charge in [0.05, 0.1) is 49.7 Å². The van der Waals surface area contributed by atoms with Crippen molar-refractivity contribution in [1.29, 1.82) is 0 Å². The number of aromatic nitrogens is 6. The van der Waals surface area contributed by atoms with Crippen LogP contribution in [0.4, 0.5) is 13.6 Å². The van der Waals surface area contributed by atoms with E-state index in [1.165, 1.54) is 29.2 Å². The van der Waals surface area contributed by atoms with Crippen molar-refractivity contribution >= 4 is 17.9 Å². The summed E-state index contributed by atoms with van der Waals surface area (Å²) >= 11 is 0. The number of hydrogen-bond acceptors (Lipinski definition) is 8. The van der Waals surface area contributed by atoms with Crippen LogP contribution in [0.5, 0.6) is 0 Å². The third kappa shape index (κ3) is 9.93. The zero-order valence-corrected chi connectivity index (χ0v) is 36.1. The third-order valence-corrected chi connectivity index (χ3v) is 11.4. The van der Waals surface area contributed by atoms with Crippen molar-refractivity contribution in [3.05, 3.63) is 121 Å². The molecule has 0 saturated heterocycles. The van der Waals surface area contributed by atoms with Crippen molar-refractivity contribution in [1.82, 2.24) is 44.2 Å². The number of rotatable bonds is 5. The molecule has 6 aromatic rings. The second-order valence-corrected chi connectivity index (χ2v) is 17.0. The molecular formula is C49H46F2N10O4. The summed E-state index contributed by atoms with van der Waals surface area (Å²) < 4.78 is 30.8. The minimum atomic E-state index is -1.09. The van der Waals surface area contributed by atoms with Gasteiger partial charge in [-0.3, -0.25) is 33.8 Å². The molecule has 2 aliphatic heterocycles. The highest BCUT2D eigenvalue weighted by molar-refractivity contribution is 5.95. The third-order valence-electron chi connectivity index (χ3n) is 11.4. The molecule has 3 N–H and O–H groups in total. The van der Waals surface area contributed by atoms with E-state index in [1.807, 2.05) is 33.6 Å². The Balaban J connectivity index is 0.000000179. The molecule has 2 aromatic carbocycles. The van der Waals surface area contributed by atoms with Crippen LogP contribution in [0, 0.1) is 35.3 Å². The summed E-state index contributed by atoms with van der Waals surface area (Å²) in [7, 11) is 0. The molecule has 3 aliphatic rings. The number of carboxylic acid groups (broad SMARTS) is 1. The molecule has 14 nitrogen and oxygen atoms in total. The van der Waals surface area contributed by atoms with E-state index in [-0.39, 0.29) is 30.0 Å². The SMILES string of the molecule is CC(C)(C)N(CC#CC(=O)N1CCn2nc(-c3ccc(F)cc3)c(-c3ccncc3)c2C1)C(=O)O.NC1(C#CC(=O)N2CCn3nc(-c4ccc(F)cc4)c(-c4ccncc4)c3C2)CC1. The van der Waals surface area contributed by atoms with Crippen molar-refractivity contribution in [2.75, 3.05) is 19.6 Å². The van der Waals surface area contributed by atoms with Gasteiger partial charge in [-0.1, -0.05) is 11.8 Å². The minimum Gasteiger partial charge on any atom is -0.465 e. The molecule has 0 unspecified atom stereocenters. The number of pyridine rings is 2. The average Bonchev–Trinajstić information content (AvgIpc) is 3.74. The fraction of sp³-hybridized carbons (Fsp3) is 0.286. The van der Waals surface area contributed by atoms with Gasteiger partial charge in [-0.2, -0.15) is 10.2 Å². The number of nitrogens with two attached hydrogens (primary N) is 1. The standard InChI is InChI=1S/C26H26FN5O3.C23H20FN5O/c1-26(2,3)31(25(34)35)14-4-5-22(33)30-15-16-32-21(17-30)23(18-10-12-28-13-11-18)24(29-32)19-6-8-20(27)9-7-19;24-18-3-1-17(2-4-18)22-21(16-6-11-26-12-7-16)19-15-28(13-14-29(19)27-22)20(30)5-8-23(25)9-10-23/h6-13H,14-17H2,1-3H3,(H,34,35);1-4,6-7,11-12H,9-10,13-15,25H2. The molecule has 3 amide bonds. The maximum atomic E-state index is 13.5. The molecule has 0 bridgehead atoms. The largest absolute Gasteiger partial charge is 0.465 e. The summed E-state index contributed by atoms with van der Waals surface area (Å²) in [6.45, 7) is 7.94. The fourth-order valence-electron chi connectivity index (χ4n) is 7.63. The second kappa shape index (κ2) is 18.2. The first-order valence-corrected chi connectivity index (χ1v) is 21.1. The van der Waals surface area contributed by atoms with E-state index in [1.54, 1.807) is 79.6 Å². The summed E-state index contributed by atoms with van der Waals surface area (Å²) in [6, 6.07) is 20.0. The zero-order valence-electron chi connectivity index (χ0n) is 36.1. The van der Waals surface area contributed by atoms with Crippen LogP contribution in [0.1, 0.15) is 45.0 Å². The predicted molar refractivity (Wildman–Crippen MR) is 239 cm³/mol. The second-order valence-electron chi connectivity index (χ2n) is 17.0. The smallest absolute Gasteiger partial charge is 0.408 e. The Morgan fingerprint density at radius 1 is 0.677 bits per heavy atom. The quantitative estimate of drug-likeness (QED) is 0.185. The minimum absolute atomic E-state index is 0.0622. The van der Waals surface area contributed by atoms with Gasteiger partial charge in [0.1, 0.15) is 23.0 Å². The fourth-order valence-corrected chi connectivity index (χ4v) is 7.63. The Bertz CT molecular complexity index is 2870. The summed E-state index contributed by atoms with van der Waals surface area (Å²) in [5.74, 6) is 9.72. The monoisotopic (exact) mass is 876 g/mol. The van der Waals surface area contributed by atoms with Crippen LogP contribution in [0.15, 0.2) is 97.6 Å². The number of carbonyl (C=O) groups excluding carboxylic acids is 2. The van der Waals surface area contributed by atoms with E-state index < -0.39 is 17.2 Å². The topological polar surface area (TPSA) is 169 Å². The van der Waals surface area contributed by atoms with E-state index in [0.29, 0.717) is 45.0 Å². The zero-order chi connectivity index (χ0) is 45.9. The van der Waals surface area contributed by atoms with Gasteiger partial charge in [0.2, 0.25) is 0 Å². The number of fused-ring (bicyclic) bond motifs is 2. The van der Waals surface area contributed by atoms with Gasteiger partial charge in [0.25, 0.3) is 11.8 Å². The predicted octanol–water partition coefficient (Wildman–Crippen LogP) is 6.46. The van der Waals surface area contributed by atoms with Crippen molar-refractivity contribution in [3.63, 3.8) is 0 Å². The molecule has 330 valence electrons. The Morgan fingerprint density at radius 2 is 1.11 bits per heavy atom. The first kappa shape index (κ1) is 43.9. The van der Waals surface area contributed by atoms with Crippen LogP contribution in [-0.4, -0.2) is 98.0 Å². The lowest BCUT2D eigenvalue weighted by molar-refractivity contribution is -0.127. The van der Waals surface area contributed by atoms with Gasteiger partial charge >= 0.3 is 6.09 Å². The molecule has 65 heavy (non-hydrogen) atoms. The maximum Gasteiger partial charge on any atom is 0.408 e. The Labute approximate surface area is 374 Å². The first-order chi connectivity index (χ1) is 31.2. The summed E-state index contributed by atoms with van der Waals surface area (Å²) in [5, 5.41) is 19.0. The van der Waals surface area contributed by atoms with E-state index in [4.69, 9.17) is 15.9 Å². The van der Waals surface area contributed by atoms with E-state index >= 15 is 0 Å². The Hall–Kier alpha value is -7.69. The van der Waals surface area contributed by atoms with Gasteiger partial charge in [-0.05, 0) is 129 Å². The lowest BCUT2D eigenvalue weighted by atomic mass is 9.99. The van der Waals surface area contributed by atoms with Crippen molar-refractivity contribution in [2.45, 2.75) is 70.9 Å². The summed E-state index contributed by atoms with van der Waals surface area (Å²) in [4.78, 5) is 49.8. The summed E-state index contributed by atoms with van der Waals surface area (Å²) in [6.07, 6.45) is 7.42. The highest BCUT2D eigenvalue weighted by atomic mass is 19.1. The Kier molecular flexibility index (Phi) is 12.3. The van der Waals surface area contributed by atoms with Gasteiger partial charge < -0.3 is 20.6 Å². The van der Waals surface area contributed by atoms with Gasteiger partial charge in [-0.25, -0.2) is 13.6 Å². The molecule has 1 saturated carbocycles. The normalized spacial score (nSPS) is 14.6. The van der Waals surface area contributed by atoms with Crippen molar-refractivity contribution < 1.29 is 28.3 Å². The van der Waals surface area contributed by atoms with Gasteiger partial charge in [0.15, 0.2) is 0 Å². The van der Waals surface area contributed by atoms with Crippen LogP contribution < -0.4 is 5.73 Å². The van der Waals surface area contributed by atoms with Crippen LogP contribution >= 0.6 is 0 Å². The highest BCUT2D eigenvalue weighted by Gasteiger charge is 2.37. The van der Waals surface area contributed by atoms with Crippen LogP contribution in [0.25, 0.3) is 44.8 Å². The molecule has 4 aromatic heterocycles. The van der Waals surface area contributed by atoms with Crippen LogP contribution in [-0.2, 0) is 35.8 Å². The molecular weight excluding hydrogens is 831 g/mol. The number of hydrogen-bond donors (Lipinski definition) is 2. The number of benzene rings is 2. The molecule has 1 fully saturated rings. The van der Waals surface area contributed by atoms with E-state index in [9.17, 15) is 28.3 Å². The molecule has 0 atom stereocenters. The number of amides is 3. The van der Waals surface area contributed by atoms with E-state index in [2.05, 4.69) is 33.6 Å². The first-order valence-electron chi connectivity index (χ1n) is 21.1. The van der Waals surface area contributed by atoms with Gasteiger partial charge in [-0.15, -0.1) is 0 Å².